The average Bonchev–Trinajstić information content (AvgIpc) is 2.35. The third kappa shape index (κ3) is 2.75. The lowest BCUT2D eigenvalue weighted by Crippen LogP contribution is -2.00. The SMILES string of the molecule is CCC(Cl)Cc1nc(C)ns1. The zero-order chi connectivity index (χ0) is 8.27. The maximum Gasteiger partial charge on any atom is 0.139 e. The smallest absolute Gasteiger partial charge is 0.139 e. The van der Waals surface area contributed by atoms with Crippen molar-refractivity contribution in [1.29, 1.82) is 0 Å². The predicted octanol–water partition coefficient (Wildman–Crippen LogP) is 2.41. The fourth-order valence-electron chi connectivity index (χ4n) is 0.757. The summed E-state index contributed by atoms with van der Waals surface area (Å²) in [6.45, 7) is 3.97. The minimum Gasteiger partial charge on any atom is -0.225 e. The van der Waals surface area contributed by atoms with E-state index in [2.05, 4.69) is 16.3 Å². The van der Waals surface area contributed by atoms with Crippen molar-refractivity contribution in [3.8, 4) is 0 Å². The number of alkyl halides is 1. The van der Waals surface area contributed by atoms with Crippen LogP contribution >= 0.6 is 23.1 Å². The van der Waals surface area contributed by atoms with Gasteiger partial charge in [-0.3, -0.25) is 0 Å². The second-order valence-electron chi connectivity index (χ2n) is 2.44. The highest BCUT2D eigenvalue weighted by Gasteiger charge is 2.06. The zero-order valence-electron chi connectivity index (χ0n) is 6.67. The summed E-state index contributed by atoms with van der Waals surface area (Å²) in [5.74, 6) is 0.852. The Bertz CT molecular complexity index is 224. The maximum atomic E-state index is 5.95. The maximum absolute atomic E-state index is 5.95. The number of aryl methyl sites for hydroxylation is 1. The van der Waals surface area contributed by atoms with Gasteiger partial charge in [-0.15, -0.1) is 11.6 Å². The number of nitrogens with zero attached hydrogens (tertiary/aromatic N) is 2. The van der Waals surface area contributed by atoms with Crippen molar-refractivity contribution in [3.05, 3.63) is 10.8 Å². The molecule has 1 atom stereocenters. The second kappa shape index (κ2) is 4.02. The van der Waals surface area contributed by atoms with E-state index >= 15 is 0 Å². The van der Waals surface area contributed by atoms with Crippen LogP contribution in [0.5, 0.6) is 0 Å². The van der Waals surface area contributed by atoms with Gasteiger partial charge in [0.05, 0.1) is 0 Å². The van der Waals surface area contributed by atoms with Crippen molar-refractivity contribution in [3.63, 3.8) is 0 Å². The van der Waals surface area contributed by atoms with Crippen LogP contribution in [0.4, 0.5) is 0 Å². The van der Waals surface area contributed by atoms with E-state index in [1.165, 1.54) is 11.5 Å². The van der Waals surface area contributed by atoms with Crippen molar-refractivity contribution in [2.45, 2.75) is 32.1 Å². The molecule has 62 valence electrons. The summed E-state index contributed by atoms with van der Waals surface area (Å²) in [6, 6.07) is 0. The van der Waals surface area contributed by atoms with E-state index in [0.717, 1.165) is 23.7 Å². The minimum atomic E-state index is 0.211. The van der Waals surface area contributed by atoms with Crippen LogP contribution < -0.4 is 0 Å². The summed E-state index contributed by atoms with van der Waals surface area (Å²) in [5.41, 5.74) is 0. The first kappa shape index (κ1) is 8.94. The zero-order valence-corrected chi connectivity index (χ0v) is 8.24. The lowest BCUT2D eigenvalue weighted by molar-refractivity contribution is 0.797. The Morgan fingerprint density at radius 1 is 1.64 bits per heavy atom. The number of rotatable bonds is 3. The van der Waals surface area contributed by atoms with Crippen molar-refractivity contribution in [1.82, 2.24) is 9.36 Å². The molecular weight excluding hydrogens is 180 g/mol. The van der Waals surface area contributed by atoms with Crippen molar-refractivity contribution < 1.29 is 0 Å². The summed E-state index contributed by atoms with van der Waals surface area (Å²) in [4.78, 5) is 4.22. The predicted molar refractivity (Wildman–Crippen MR) is 48.3 cm³/mol. The Balaban J connectivity index is 2.50. The number of halogens is 1. The van der Waals surface area contributed by atoms with Crippen molar-refractivity contribution in [2.24, 2.45) is 0 Å². The fraction of sp³-hybridized carbons (Fsp3) is 0.714. The molecule has 0 spiro atoms. The molecule has 1 aromatic rings. The standard InChI is InChI=1S/C7H11ClN2S/c1-3-6(8)4-7-9-5(2)10-11-7/h6H,3-4H2,1-2H3. The Morgan fingerprint density at radius 2 is 2.36 bits per heavy atom. The summed E-state index contributed by atoms with van der Waals surface area (Å²) in [6.07, 6.45) is 1.84. The lowest BCUT2D eigenvalue weighted by atomic mass is 10.2. The summed E-state index contributed by atoms with van der Waals surface area (Å²) >= 11 is 7.40. The van der Waals surface area contributed by atoms with E-state index in [9.17, 15) is 0 Å². The molecule has 0 bridgehead atoms. The van der Waals surface area contributed by atoms with Crippen LogP contribution in [-0.4, -0.2) is 14.7 Å². The summed E-state index contributed by atoms with van der Waals surface area (Å²) in [7, 11) is 0. The first-order chi connectivity index (χ1) is 5.22. The van der Waals surface area contributed by atoms with Gasteiger partial charge in [-0.1, -0.05) is 6.92 Å². The van der Waals surface area contributed by atoms with Gasteiger partial charge >= 0.3 is 0 Å². The molecule has 0 aliphatic rings. The highest BCUT2D eigenvalue weighted by atomic mass is 35.5. The van der Waals surface area contributed by atoms with Crippen molar-refractivity contribution in [2.75, 3.05) is 0 Å². The number of aromatic nitrogens is 2. The van der Waals surface area contributed by atoms with Gasteiger partial charge in [-0.25, -0.2) is 4.98 Å². The van der Waals surface area contributed by atoms with Crippen LogP contribution in [0.15, 0.2) is 0 Å². The molecule has 0 saturated heterocycles. The molecule has 2 nitrogen and oxygen atoms in total. The Kier molecular flexibility index (Phi) is 3.27. The van der Waals surface area contributed by atoms with Gasteiger partial charge in [0.2, 0.25) is 0 Å². The van der Waals surface area contributed by atoms with Crippen LogP contribution in [0.2, 0.25) is 0 Å². The molecule has 1 heterocycles. The number of hydrogen-bond donors (Lipinski definition) is 0. The number of hydrogen-bond acceptors (Lipinski definition) is 3. The Morgan fingerprint density at radius 3 is 2.82 bits per heavy atom. The molecule has 0 aromatic carbocycles. The molecule has 0 aliphatic carbocycles. The summed E-state index contributed by atoms with van der Waals surface area (Å²) in [5, 5.41) is 1.26. The molecule has 0 radical (unpaired) electrons. The molecule has 0 aliphatic heterocycles. The van der Waals surface area contributed by atoms with Crippen molar-refractivity contribution >= 4 is 23.1 Å². The molecule has 1 aromatic heterocycles. The van der Waals surface area contributed by atoms with Crippen LogP contribution in [0, 0.1) is 6.92 Å². The minimum absolute atomic E-state index is 0.211. The molecule has 0 amide bonds. The average molecular weight is 191 g/mol. The van der Waals surface area contributed by atoms with Gasteiger partial charge in [0, 0.05) is 11.8 Å². The third-order valence-corrected chi connectivity index (χ3v) is 2.70. The first-order valence-corrected chi connectivity index (χ1v) is 4.86. The third-order valence-electron chi connectivity index (χ3n) is 1.41. The topological polar surface area (TPSA) is 25.8 Å². The van der Waals surface area contributed by atoms with E-state index in [-0.39, 0.29) is 5.38 Å². The van der Waals surface area contributed by atoms with Gasteiger partial charge in [0.15, 0.2) is 0 Å². The van der Waals surface area contributed by atoms with Crippen LogP contribution in [0.1, 0.15) is 24.2 Å². The quantitative estimate of drug-likeness (QED) is 0.685. The lowest BCUT2D eigenvalue weighted by Gasteiger charge is -2.00. The van der Waals surface area contributed by atoms with Crippen LogP contribution in [0.25, 0.3) is 0 Å². The molecule has 0 N–H and O–H groups in total. The molecule has 11 heavy (non-hydrogen) atoms. The largest absolute Gasteiger partial charge is 0.225 e. The Hall–Kier alpha value is -0.150. The monoisotopic (exact) mass is 190 g/mol. The highest BCUT2D eigenvalue weighted by Crippen LogP contribution is 2.12. The second-order valence-corrected chi connectivity index (χ2v) is 3.90. The molecular formula is C7H11ClN2S. The van der Waals surface area contributed by atoms with Gasteiger partial charge in [0.25, 0.3) is 0 Å². The van der Waals surface area contributed by atoms with E-state index in [1.54, 1.807) is 0 Å². The Labute approximate surface area is 75.8 Å². The molecule has 1 unspecified atom stereocenters. The summed E-state index contributed by atoms with van der Waals surface area (Å²) < 4.78 is 4.08. The van der Waals surface area contributed by atoms with Gasteiger partial charge < -0.3 is 0 Å². The van der Waals surface area contributed by atoms with Gasteiger partial charge in [-0.2, -0.15) is 4.37 Å². The van der Waals surface area contributed by atoms with Crippen LogP contribution in [-0.2, 0) is 6.42 Å². The normalized spacial score (nSPS) is 13.4. The van der Waals surface area contributed by atoms with E-state index in [1.807, 2.05) is 6.92 Å². The van der Waals surface area contributed by atoms with Gasteiger partial charge in [-0.05, 0) is 24.9 Å². The van der Waals surface area contributed by atoms with E-state index in [4.69, 9.17) is 11.6 Å². The molecule has 4 heteroatoms. The fourth-order valence-corrected chi connectivity index (χ4v) is 1.72. The van der Waals surface area contributed by atoms with E-state index < -0.39 is 0 Å². The molecule has 1 rings (SSSR count). The van der Waals surface area contributed by atoms with E-state index in [0.29, 0.717) is 0 Å². The highest BCUT2D eigenvalue weighted by molar-refractivity contribution is 7.05. The first-order valence-electron chi connectivity index (χ1n) is 3.65. The van der Waals surface area contributed by atoms with Crippen LogP contribution in [0.3, 0.4) is 0 Å². The van der Waals surface area contributed by atoms with Gasteiger partial charge in [0.1, 0.15) is 10.8 Å². The molecule has 0 fully saturated rings. The molecule has 0 saturated carbocycles.